The summed E-state index contributed by atoms with van der Waals surface area (Å²) in [6.45, 7) is 5.89. The third kappa shape index (κ3) is 4.19. The summed E-state index contributed by atoms with van der Waals surface area (Å²) in [7, 11) is 1.85. The Bertz CT molecular complexity index is 332. The van der Waals surface area contributed by atoms with E-state index < -0.39 is 0 Å². The molecule has 1 aromatic rings. The van der Waals surface area contributed by atoms with Gasteiger partial charge < -0.3 is 14.8 Å². The van der Waals surface area contributed by atoms with Gasteiger partial charge in [-0.1, -0.05) is 13.3 Å². The molecule has 0 unspecified atom stereocenters. The number of ether oxygens (including phenoxy) is 2. The van der Waals surface area contributed by atoms with Gasteiger partial charge in [-0.3, -0.25) is 0 Å². The fourth-order valence-corrected chi connectivity index (χ4v) is 1.55. The van der Waals surface area contributed by atoms with Gasteiger partial charge in [-0.2, -0.15) is 0 Å². The minimum atomic E-state index is 0.519. The minimum absolute atomic E-state index is 0.519. The molecule has 0 atom stereocenters. The molecule has 0 aliphatic heterocycles. The molecule has 0 spiro atoms. The predicted molar refractivity (Wildman–Crippen MR) is 67.6 cm³/mol. The lowest BCUT2D eigenvalue weighted by atomic mass is 10.2. The zero-order valence-corrected chi connectivity index (χ0v) is 10.8. The summed E-state index contributed by atoms with van der Waals surface area (Å²) < 4.78 is 10.8. The van der Waals surface area contributed by atoms with Crippen LogP contribution in [0.15, 0.2) is 6.33 Å². The quantitative estimate of drug-likeness (QED) is 0.702. The average molecular weight is 239 g/mol. The van der Waals surface area contributed by atoms with Crippen molar-refractivity contribution in [3.8, 4) is 5.88 Å². The molecule has 0 aromatic carbocycles. The molecular formula is C12H21N3O2. The Morgan fingerprint density at radius 2 is 2.06 bits per heavy atom. The van der Waals surface area contributed by atoms with E-state index >= 15 is 0 Å². The summed E-state index contributed by atoms with van der Waals surface area (Å²) in [5.74, 6) is 1.50. The van der Waals surface area contributed by atoms with Crippen molar-refractivity contribution >= 4 is 5.82 Å². The maximum Gasteiger partial charge on any atom is 0.221 e. The Morgan fingerprint density at radius 3 is 2.71 bits per heavy atom. The van der Waals surface area contributed by atoms with Crippen LogP contribution in [0.25, 0.3) is 0 Å². The van der Waals surface area contributed by atoms with E-state index in [0.717, 1.165) is 24.2 Å². The lowest BCUT2D eigenvalue weighted by molar-refractivity contribution is 0.108. The van der Waals surface area contributed by atoms with Gasteiger partial charge in [0.2, 0.25) is 5.88 Å². The largest absolute Gasteiger partial charge is 0.475 e. The summed E-state index contributed by atoms with van der Waals surface area (Å²) in [6.07, 6.45) is 3.45. The average Bonchev–Trinajstić information content (AvgIpc) is 2.36. The van der Waals surface area contributed by atoms with Gasteiger partial charge in [-0.15, -0.1) is 0 Å². The van der Waals surface area contributed by atoms with Crippen LogP contribution in [-0.4, -0.2) is 36.8 Å². The lowest BCUT2D eigenvalue weighted by Crippen LogP contribution is -2.10. The highest BCUT2D eigenvalue weighted by Gasteiger charge is 2.10. The molecular weight excluding hydrogens is 218 g/mol. The third-order valence-electron chi connectivity index (χ3n) is 2.31. The van der Waals surface area contributed by atoms with E-state index in [2.05, 4.69) is 22.2 Å². The fourth-order valence-electron chi connectivity index (χ4n) is 1.55. The van der Waals surface area contributed by atoms with Gasteiger partial charge in [-0.25, -0.2) is 9.97 Å². The van der Waals surface area contributed by atoms with Crippen LogP contribution in [-0.2, 0) is 11.2 Å². The Hall–Kier alpha value is -1.36. The Kier molecular flexibility index (Phi) is 6.32. The van der Waals surface area contributed by atoms with Crippen molar-refractivity contribution in [3.63, 3.8) is 0 Å². The highest BCUT2D eigenvalue weighted by Crippen LogP contribution is 2.22. The number of nitrogens with zero attached hydrogens (tertiary/aromatic N) is 2. The first-order valence-corrected chi connectivity index (χ1v) is 6.05. The van der Waals surface area contributed by atoms with Crippen molar-refractivity contribution in [2.45, 2.75) is 26.7 Å². The second kappa shape index (κ2) is 7.84. The van der Waals surface area contributed by atoms with Gasteiger partial charge >= 0.3 is 0 Å². The molecule has 5 heteroatoms. The molecule has 0 bridgehead atoms. The topological polar surface area (TPSA) is 56.3 Å². The Balaban J connectivity index is 2.68. The van der Waals surface area contributed by atoms with Crippen LogP contribution in [0.1, 0.15) is 25.8 Å². The van der Waals surface area contributed by atoms with Crippen molar-refractivity contribution in [3.05, 3.63) is 11.9 Å². The fraction of sp³-hybridized carbons (Fsp3) is 0.667. The summed E-state index contributed by atoms with van der Waals surface area (Å²) in [4.78, 5) is 8.36. The van der Waals surface area contributed by atoms with E-state index in [9.17, 15) is 0 Å². The smallest absolute Gasteiger partial charge is 0.221 e. The summed E-state index contributed by atoms with van der Waals surface area (Å²) in [5.41, 5.74) is 1.04. The maximum absolute atomic E-state index is 5.62. The number of aromatic nitrogens is 2. The van der Waals surface area contributed by atoms with Crippen LogP contribution in [0.4, 0.5) is 5.82 Å². The molecule has 0 fully saturated rings. The predicted octanol–water partition coefficient (Wildman–Crippen LogP) is 1.89. The maximum atomic E-state index is 5.62. The first-order valence-electron chi connectivity index (χ1n) is 6.05. The van der Waals surface area contributed by atoms with E-state index in [0.29, 0.717) is 25.7 Å². The molecule has 96 valence electrons. The molecule has 1 aromatic heterocycles. The molecule has 1 rings (SSSR count). The van der Waals surface area contributed by atoms with Crippen LogP contribution in [0.3, 0.4) is 0 Å². The highest BCUT2D eigenvalue weighted by molar-refractivity contribution is 5.48. The minimum Gasteiger partial charge on any atom is -0.475 e. The zero-order valence-electron chi connectivity index (χ0n) is 10.8. The molecule has 0 amide bonds. The van der Waals surface area contributed by atoms with Crippen molar-refractivity contribution in [1.82, 2.24) is 9.97 Å². The van der Waals surface area contributed by atoms with Crippen molar-refractivity contribution in [1.29, 1.82) is 0 Å². The molecule has 0 radical (unpaired) electrons. The summed E-state index contributed by atoms with van der Waals surface area (Å²) in [6, 6.07) is 0. The van der Waals surface area contributed by atoms with Gasteiger partial charge in [0.15, 0.2) is 0 Å². The van der Waals surface area contributed by atoms with Crippen molar-refractivity contribution < 1.29 is 9.47 Å². The van der Waals surface area contributed by atoms with Crippen LogP contribution in [0.2, 0.25) is 0 Å². The zero-order chi connectivity index (χ0) is 12.5. The second-order valence-corrected chi connectivity index (χ2v) is 3.55. The SMILES string of the molecule is CCCc1c(NC)ncnc1OCCOCC. The number of hydrogen-bond acceptors (Lipinski definition) is 5. The molecule has 0 saturated heterocycles. The second-order valence-electron chi connectivity index (χ2n) is 3.55. The number of anilines is 1. The molecule has 5 nitrogen and oxygen atoms in total. The molecule has 17 heavy (non-hydrogen) atoms. The lowest BCUT2D eigenvalue weighted by Gasteiger charge is -2.12. The van der Waals surface area contributed by atoms with Gasteiger partial charge in [0, 0.05) is 13.7 Å². The van der Waals surface area contributed by atoms with E-state index in [-0.39, 0.29) is 0 Å². The molecule has 1 N–H and O–H groups in total. The van der Waals surface area contributed by atoms with E-state index in [1.54, 1.807) is 0 Å². The van der Waals surface area contributed by atoms with Crippen LogP contribution in [0, 0.1) is 0 Å². The molecule has 0 aliphatic carbocycles. The first kappa shape index (κ1) is 13.7. The molecule has 1 heterocycles. The molecule has 0 aliphatic rings. The van der Waals surface area contributed by atoms with Gasteiger partial charge in [0.1, 0.15) is 18.8 Å². The first-order chi connectivity index (χ1) is 8.33. The number of hydrogen-bond donors (Lipinski definition) is 1. The normalized spacial score (nSPS) is 10.3. The van der Waals surface area contributed by atoms with Gasteiger partial charge in [-0.05, 0) is 13.3 Å². The third-order valence-corrected chi connectivity index (χ3v) is 2.31. The van der Waals surface area contributed by atoms with Crippen LogP contribution < -0.4 is 10.1 Å². The van der Waals surface area contributed by atoms with E-state index in [1.165, 1.54) is 6.33 Å². The van der Waals surface area contributed by atoms with E-state index in [1.807, 2.05) is 14.0 Å². The van der Waals surface area contributed by atoms with Gasteiger partial charge in [0.25, 0.3) is 0 Å². The van der Waals surface area contributed by atoms with Gasteiger partial charge in [0.05, 0.1) is 12.2 Å². The monoisotopic (exact) mass is 239 g/mol. The summed E-state index contributed by atoms with van der Waals surface area (Å²) >= 11 is 0. The summed E-state index contributed by atoms with van der Waals surface area (Å²) in [5, 5.41) is 3.06. The van der Waals surface area contributed by atoms with Crippen LogP contribution in [0.5, 0.6) is 5.88 Å². The molecule has 0 saturated carbocycles. The number of rotatable bonds is 8. The van der Waals surface area contributed by atoms with E-state index in [4.69, 9.17) is 9.47 Å². The highest BCUT2D eigenvalue weighted by atomic mass is 16.5. The standard InChI is InChI=1S/C12H21N3O2/c1-4-6-10-11(13-3)14-9-15-12(10)17-8-7-16-5-2/h9H,4-8H2,1-3H3,(H,13,14,15). The number of nitrogens with one attached hydrogen (secondary N) is 1. The van der Waals surface area contributed by atoms with Crippen molar-refractivity contribution in [2.24, 2.45) is 0 Å². The van der Waals surface area contributed by atoms with Crippen LogP contribution >= 0.6 is 0 Å². The van der Waals surface area contributed by atoms with Crippen molar-refractivity contribution in [2.75, 3.05) is 32.2 Å². The Morgan fingerprint density at radius 1 is 1.24 bits per heavy atom. The Labute approximate surface area is 103 Å².